The van der Waals surface area contributed by atoms with E-state index in [9.17, 15) is 14.0 Å². The van der Waals surface area contributed by atoms with E-state index in [1.807, 2.05) is 6.92 Å². The molecular formula is C23H36FN5O2. The Kier molecular flexibility index (Phi) is 8.51. The van der Waals surface area contributed by atoms with Crippen LogP contribution in [0.5, 0.6) is 0 Å². The van der Waals surface area contributed by atoms with Gasteiger partial charge in [0, 0.05) is 44.0 Å². The number of carbonyl (C=O) groups excluding carboxylic acids is 2. The maximum atomic E-state index is 14.0. The van der Waals surface area contributed by atoms with Crippen molar-refractivity contribution in [3.8, 4) is 0 Å². The second kappa shape index (κ2) is 11.3. The van der Waals surface area contributed by atoms with Crippen molar-refractivity contribution >= 4 is 17.6 Å². The van der Waals surface area contributed by atoms with Gasteiger partial charge in [-0.3, -0.25) is 4.79 Å². The van der Waals surface area contributed by atoms with E-state index in [0.717, 1.165) is 56.8 Å². The Morgan fingerprint density at radius 1 is 1.13 bits per heavy atom. The number of carbonyl (C=O) groups is 2. The fourth-order valence-electron chi connectivity index (χ4n) is 4.51. The summed E-state index contributed by atoms with van der Waals surface area (Å²) in [6.45, 7) is 9.24. The van der Waals surface area contributed by atoms with Crippen LogP contribution in [0.2, 0.25) is 0 Å². The van der Waals surface area contributed by atoms with Gasteiger partial charge in [-0.2, -0.15) is 0 Å². The Labute approximate surface area is 184 Å². The number of likely N-dealkylation sites (N-methyl/N-ethyl adjacent to an activating group) is 1. The highest BCUT2D eigenvalue weighted by Gasteiger charge is 2.22. The van der Waals surface area contributed by atoms with Gasteiger partial charge in [-0.25, -0.2) is 9.18 Å². The highest BCUT2D eigenvalue weighted by Crippen LogP contribution is 2.28. The number of benzene rings is 1. The lowest BCUT2D eigenvalue weighted by Crippen LogP contribution is -2.47. The molecule has 3 N–H and O–H groups in total. The summed E-state index contributed by atoms with van der Waals surface area (Å²) >= 11 is 0. The molecule has 3 amide bonds. The lowest BCUT2D eigenvalue weighted by molar-refractivity contribution is -0.120. The molecule has 31 heavy (non-hydrogen) atoms. The van der Waals surface area contributed by atoms with Crippen LogP contribution in [0.25, 0.3) is 0 Å². The van der Waals surface area contributed by atoms with Gasteiger partial charge in [0.2, 0.25) is 5.91 Å². The van der Waals surface area contributed by atoms with Crippen LogP contribution >= 0.6 is 0 Å². The minimum Gasteiger partial charge on any atom is -0.369 e. The number of hydrogen-bond acceptors (Lipinski definition) is 4. The Balaban J connectivity index is 1.50. The zero-order valence-electron chi connectivity index (χ0n) is 18.8. The fraction of sp³-hybridized carbons (Fsp3) is 0.652. The summed E-state index contributed by atoms with van der Waals surface area (Å²) in [4.78, 5) is 29.0. The minimum atomic E-state index is -0.370. The monoisotopic (exact) mass is 433 g/mol. The first-order chi connectivity index (χ1) is 15.0. The SMILES string of the molecule is CCN1CCN(c2ccc(F)cc2C(C)NC(=O)CNC(=O)NCC2CCCC2)CC1. The Hall–Kier alpha value is -2.35. The largest absolute Gasteiger partial charge is 0.369 e. The molecule has 7 nitrogen and oxygen atoms in total. The van der Waals surface area contributed by atoms with Crippen molar-refractivity contribution in [3.63, 3.8) is 0 Å². The number of urea groups is 1. The van der Waals surface area contributed by atoms with Crippen LogP contribution in [-0.4, -0.2) is 62.7 Å². The van der Waals surface area contributed by atoms with Gasteiger partial charge in [-0.1, -0.05) is 19.8 Å². The summed E-state index contributed by atoms with van der Waals surface area (Å²) in [5, 5.41) is 8.34. The molecule has 0 radical (unpaired) electrons. The second-order valence-electron chi connectivity index (χ2n) is 8.63. The maximum absolute atomic E-state index is 14.0. The molecule has 1 aliphatic carbocycles. The summed E-state index contributed by atoms with van der Waals surface area (Å²) in [6, 6.07) is 4.06. The van der Waals surface area contributed by atoms with Crippen molar-refractivity contribution in [3.05, 3.63) is 29.6 Å². The molecule has 1 unspecified atom stereocenters. The lowest BCUT2D eigenvalue weighted by Gasteiger charge is -2.37. The predicted octanol–water partition coefficient (Wildman–Crippen LogP) is 2.63. The topological polar surface area (TPSA) is 76.7 Å². The molecular weight excluding hydrogens is 397 g/mol. The van der Waals surface area contributed by atoms with Gasteiger partial charge in [0.1, 0.15) is 5.82 Å². The van der Waals surface area contributed by atoms with Gasteiger partial charge in [0.05, 0.1) is 12.6 Å². The molecule has 3 rings (SSSR count). The van der Waals surface area contributed by atoms with Crippen LogP contribution in [0.4, 0.5) is 14.9 Å². The number of halogens is 1. The Morgan fingerprint density at radius 2 is 1.84 bits per heavy atom. The molecule has 8 heteroatoms. The highest BCUT2D eigenvalue weighted by atomic mass is 19.1. The molecule has 1 atom stereocenters. The minimum absolute atomic E-state index is 0.110. The van der Waals surface area contributed by atoms with Gasteiger partial charge in [0.25, 0.3) is 0 Å². The molecule has 1 saturated carbocycles. The highest BCUT2D eigenvalue weighted by molar-refractivity contribution is 5.84. The quantitative estimate of drug-likeness (QED) is 0.589. The van der Waals surface area contributed by atoms with Gasteiger partial charge >= 0.3 is 6.03 Å². The third-order valence-electron chi connectivity index (χ3n) is 6.43. The van der Waals surface area contributed by atoms with Crippen molar-refractivity contribution in [2.75, 3.05) is 50.7 Å². The molecule has 1 aromatic rings. The standard InChI is InChI=1S/C23H36FN5O2/c1-3-28-10-12-29(13-11-28)21-9-8-19(24)14-20(21)17(2)27-22(30)16-26-23(31)25-15-18-6-4-5-7-18/h8-9,14,17-18H,3-7,10-13,15-16H2,1-2H3,(H,27,30)(H2,25,26,31). The van der Waals surface area contributed by atoms with Gasteiger partial charge in [0.15, 0.2) is 0 Å². The summed E-state index contributed by atoms with van der Waals surface area (Å²) in [5.74, 6) is -0.0730. The molecule has 0 aromatic heterocycles. The van der Waals surface area contributed by atoms with Crippen LogP contribution in [-0.2, 0) is 4.79 Å². The van der Waals surface area contributed by atoms with E-state index in [0.29, 0.717) is 12.5 Å². The lowest BCUT2D eigenvalue weighted by atomic mass is 10.0. The Bertz CT molecular complexity index is 745. The zero-order valence-corrected chi connectivity index (χ0v) is 18.8. The van der Waals surface area contributed by atoms with Gasteiger partial charge < -0.3 is 25.8 Å². The third-order valence-corrected chi connectivity index (χ3v) is 6.43. The normalized spacial score (nSPS) is 18.6. The fourth-order valence-corrected chi connectivity index (χ4v) is 4.51. The second-order valence-corrected chi connectivity index (χ2v) is 8.63. The molecule has 0 spiro atoms. The first kappa shape index (κ1) is 23.3. The van der Waals surface area contributed by atoms with E-state index in [1.165, 1.54) is 25.0 Å². The number of nitrogens with zero attached hydrogens (tertiary/aromatic N) is 2. The number of rotatable bonds is 8. The molecule has 2 fully saturated rings. The molecule has 1 heterocycles. The number of amides is 3. The van der Waals surface area contributed by atoms with Crippen LogP contribution in [0.3, 0.4) is 0 Å². The van der Waals surface area contributed by atoms with E-state index in [4.69, 9.17) is 0 Å². The van der Waals surface area contributed by atoms with E-state index < -0.39 is 0 Å². The summed E-state index contributed by atoms with van der Waals surface area (Å²) < 4.78 is 14.0. The van der Waals surface area contributed by atoms with E-state index in [1.54, 1.807) is 6.07 Å². The molecule has 172 valence electrons. The number of piperazine rings is 1. The third kappa shape index (κ3) is 6.82. The van der Waals surface area contributed by atoms with Gasteiger partial charge in [-0.15, -0.1) is 0 Å². The summed E-state index contributed by atoms with van der Waals surface area (Å²) in [5.41, 5.74) is 1.70. The first-order valence-electron chi connectivity index (χ1n) is 11.5. The van der Waals surface area contributed by atoms with Crippen molar-refractivity contribution in [1.82, 2.24) is 20.9 Å². The maximum Gasteiger partial charge on any atom is 0.315 e. The molecule has 1 saturated heterocycles. The van der Waals surface area contributed by atoms with E-state index in [-0.39, 0.29) is 30.3 Å². The average molecular weight is 434 g/mol. The number of anilines is 1. The molecule has 2 aliphatic rings. The molecule has 1 aromatic carbocycles. The number of hydrogen-bond donors (Lipinski definition) is 3. The van der Waals surface area contributed by atoms with Crippen molar-refractivity contribution in [1.29, 1.82) is 0 Å². The number of nitrogens with one attached hydrogen (secondary N) is 3. The smallest absolute Gasteiger partial charge is 0.315 e. The van der Waals surface area contributed by atoms with Crippen LogP contribution in [0, 0.1) is 11.7 Å². The van der Waals surface area contributed by atoms with Crippen LogP contribution < -0.4 is 20.9 Å². The van der Waals surface area contributed by atoms with E-state index >= 15 is 0 Å². The van der Waals surface area contributed by atoms with Crippen molar-refractivity contribution in [2.45, 2.75) is 45.6 Å². The summed E-state index contributed by atoms with van der Waals surface area (Å²) in [7, 11) is 0. The molecule has 1 aliphatic heterocycles. The average Bonchev–Trinajstić information content (AvgIpc) is 3.30. The van der Waals surface area contributed by atoms with Crippen molar-refractivity contribution in [2.24, 2.45) is 5.92 Å². The van der Waals surface area contributed by atoms with Crippen LogP contribution in [0.15, 0.2) is 18.2 Å². The van der Waals surface area contributed by atoms with Gasteiger partial charge in [-0.05, 0) is 50.4 Å². The first-order valence-corrected chi connectivity index (χ1v) is 11.5. The van der Waals surface area contributed by atoms with Crippen LogP contribution in [0.1, 0.15) is 51.1 Å². The molecule has 0 bridgehead atoms. The predicted molar refractivity (Wildman–Crippen MR) is 121 cm³/mol. The van der Waals surface area contributed by atoms with Crippen molar-refractivity contribution < 1.29 is 14.0 Å². The zero-order chi connectivity index (χ0) is 22.2. The summed E-state index contributed by atoms with van der Waals surface area (Å²) in [6.07, 6.45) is 4.76. The Morgan fingerprint density at radius 3 is 2.52 bits per heavy atom. The van der Waals surface area contributed by atoms with E-state index in [2.05, 4.69) is 32.7 Å².